The molecular formula is C10H10Br2ClNO. The molecule has 5 heteroatoms. The Labute approximate surface area is 111 Å². The first-order valence-corrected chi connectivity index (χ1v) is 6.46. The fourth-order valence-corrected chi connectivity index (χ4v) is 2.04. The molecule has 1 unspecified atom stereocenters. The van der Waals surface area contributed by atoms with Crippen LogP contribution in [0.1, 0.15) is 17.3 Å². The van der Waals surface area contributed by atoms with Crippen LogP contribution in [-0.2, 0) is 0 Å². The summed E-state index contributed by atoms with van der Waals surface area (Å²) in [7, 11) is 0. The maximum absolute atomic E-state index is 11.6. The molecule has 1 rings (SSSR count). The molecule has 82 valence electrons. The van der Waals surface area contributed by atoms with Crippen molar-refractivity contribution >= 4 is 49.4 Å². The summed E-state index contributed by atoms with van der Waals surface area (Å²) in [5, 5.41) is 3.33. The molecule has 0 spiro atoms. The van der Waals surface area contributed by atoms with Crippen LogP contribution in [0.15, 0.2) is 22.7 Å². The first-order valence-electron chi connectivity index (χ1n) is 4.37. The van der Waals surface area contributed by atoms with Crippen molar-refractivity contribution in [2.45, 2.75) is 11.8 Å². The number of nitrogens with one attached hydrogen (secondary N) is 1. The van der Waals surface area contributed by atoms with E-state index in [0.717, 1.165) is 4.47 Å². The van der Waals surface area contributed by atoms with Gasteiger partial charge in [0.1, 0.15) is 0 Å². The maximum atomic E-state index is 11.6. The molecule has 1 amide bonds. The standard InChI is InChI=1S/C10H10Br2ClNO/c1-6(11)5-14-10(15)7-2-8(12)4-9(13)3-7/h2-4,6H,5H2,1H3,(H,14,15). The lowest BCUT2D eigenvalue weighted by Crippen LogP contribution is -2.28. The predicted molar refractivity (Wildman–Crippen MR) is 69.9 cm³/mol. The van der Waals surface area contributed by atoms with E-state index in [1.165, 1.54) is 0 Å². The Morgan fingerprint density at radius 2 is 2.20 bits per heavy atom. The molecular weight excluding hydrogens is 345 g/mol. The van der Waals surface area contributed by atoms with E-state index in [9.17, 15) is 4.79 Å². The Morgan fingerprint density at radius 3 is 2.73 bits per heavy atom. The summed E-state index contributed by atoms with van der Waals surface area (Å²) in [5.74, 6) is -0.121. The lowest BCUT2D eigenvalue weighted by atomic mass is 10.2. The Kier molecular flexibility index (Phi) is 5.09. The zero-order valence-corrected chi connectivity index (χ0v) is 12.0. The van der Waals surface area contributed by atoms with Gasteiger partial charge in [0.25, 0.3) is 5.91 Å². The van der Waals surface area contributed by atoms with Gasteiger partial charge in [0.05, 0.1) is 0 Å². The number of alkyl halides is 1. The number of amides is 1. The molecule has 0 fully saturated rings. The van der Waals surface area contributed by atoms with E-state index in [0.29, 0.717) is 17.1 Å². The van der Waals surface area contributed by atoms with E-state index in [-0.39, 0.29) is 10.7 Å². The van der Waals surface area contributed by atoms with Crippen LogP contribution in [0.2, 0.25) is 5.02 Å². The number of hydrogen-bond donors (Lipinski definition) is 1. The van der Waals surface area contributed by atoms with E-state index in [2.05, 4.69) is 37.2 Å². The monoisotopic (exact) mass is 353 g/mol. The van der Waals surface area contributed by atoms with Crippen molar-refractivity contribution in [2.24, 2.45) is 0 Å². The van der Waals surface area contributed by atoms with Crippen molar-refractivity contribution in [1.82, 2.24) is 5.32 Å². The second-order valence-corrected chi connectivity index (χ2v) is 6.06. The largest absolute Gasteiger partial charge is 0.351 e. The maximum Gasteiger partial charge on any atom is 0.251 e. The van der Waals surface area contributed by atoms with Crippen LogP contribution in [0.4, 0.5) is 0 Å². The summed E-state index contributed by atoms with van der Waals surface area (Å²) in [6.07, 6.45) is 0. The normalized spacial score (nSPS) is 12.3. The molecule has 0 bridgehead atoms. The molecule has 0 aliphatic rings. The van der Waals surface area contributed by atoms with Gasteiger partial charge < -0.3 is 5.32 Å². The lowest BCUT2D eigenvalue weighted by Gasteiger charge is -2.07. The highest BCUT2D eigenvalue weighted by Crippen LogP contribution is 2.19. The predicted octanol–water partition coefficient (Wildman–Crippen LogP) is 3.62. The number of carbonyl (C=O) groups excluding carboxylic acids is 1. The van der Waals surface area contributed by atoms with Crippen LogP contribution in [0.5, 0.6) is 0 Å². The number of benzene rings is 1. The van der Waals surface area contributed by atoms with E-state index in [4.69, 9.17) is 11.6 Å². The summed E-state index contributed by atoms with van der Waals surface area (Å²) >= 11 is 12.5. The zero-order chi connectivity index (χ0) is 11.4. The van der Waals surface area contributed by atoms with Crippen LogP contribution in [0.25, 0.3) is 0 Å². The molecule has 15 heavy (non-hydrogen) atoms. The van der Waals surface area contributed by atoms with Gasteiger partial charge in [-0.1, -0.05) is 50.4 Å². The second-order valence-electron chi connectivity index (χ2n) is 3.15. The third-order valence-electron chi connectivity index (χ3n) is 1.67. The van der Waals surface area contributed by atoms with Crippen molar-refractivity contribution in [3.8, 4) is 0 Å². The molecule has 1 aromatic rings. The van der Waals surface area contributed by atoms with Crippen LogP contribution >= 0.6 is 43.5 Å². The summed E-state index contributed by atoms with van der Waals surface area (Å²) in [6.45, 7) is 2.55. The first-order chi connectivity index (χ1) is 6.99. The van der Waals surface area contributed by atoms with Gasteiger partial charge in [0.2, 0.25) is 0 Å². The lowest BCUT2D eigenvalue weighted by molar-refractivity contribution is 0.0954. The van der Waals surface area contributed by atoms with E-state index >= 15 is 0 Å². The molecule has 2 nitrogen and oxygen atoms in total. The number of carbonyl (C=O) groups is 1. The van der Waals surface area contributed by atoms with Crippen LogP contribution in [-0.4, -0.2) is 17.3 Å². The second kappa shape index (κ2) is 5.87. The fourth-order valence-electron chi connectivity index (χ4n) is 1.02. The molecule has 0 aliphatic carbocycles. The molecule has 1 aromatic carbocycles. The van der Waals surface area contributed by atoms with Crippen molar-refractivity contribution in [1.29, 1.82) is 0 Å². The average molecular weight is 355 g/mol. The summed E-state index contributed by atoms with van der Waals surface area (Å²) in [4.78, 5) is 11.9. The minimum atomic E-state index is -0.121. The Hall–Kier alpha value is -0.0600. The number of rotatable bonds is 3. The molecule has 0 aromatic heterocycles. The fraction of sp³-hybridized carbons (Fsp3) is 0.300. The van der Waals surface area contributed by atoms with Crippen LogP contribution in [0, 0.1) is 0 Å². The van der Waals surface area contributed by atoms with E-state index < -0.39 is 0 Å². The Balaban J connectivity index is 2.73. The van der Waals surface area contributed by atoms with Crippen molar-refractivity contribution in [3.63, 3.8) is 0 Å². The molecule has 0 saturated heterocycles. The molecule has 0 radical (unpaired) electrons. The molecule has 0 saturated carbocycles. The topological polar surface area (TPSA) is 29.1 Å². The molecule has 1 N–H and O–H groups in total. The molecule has 0 heterocycles. The van der Waals surface area contributed by atoms with Crippen molar-refractivity contribution in [2.75, 3.05) is 6.54 Å². The zero-order valence-electron chi connectivity index (χ0n) is 8.06. The minimum Gasteiger partial charge on any atom is -0.351 e. The average Bonchev–Trinajstić information content (AvgIpc) is 2.12. The summed E-state index contributed by atoms with van der Waals surface area (Å²) in [6, 6.07) is 5.12. The Bertz CT molecular complexity index is 348. The van der Waals surface area contributed by atoms with Crippen LogP contribution in [0.3, 0.4) is 0 Å². The van der Waals surface area contributed by atoms with Gasteiger partial charge in [0, 0.05) is 26.4 Å². The highest BCUT2D eigenvalue weighted by Gasteiger charge is 2.07. The van der Waals surface area contributed by atoms with E-state index in [1.54, 1.807) is 18.2 Å². The first kappa shape index (κ1) is 13.0. The quantitative estimate of drug-likeness (QED) is 0.825. The van der Waals surface area contributed by atoms with E-state index in [1.807, 2.05) is 6.92 Å². The van der Waals surface area contributed by atoms with Gasteiger partial charge in [-0.25, -0.2) is 0 Å². The Morgan fingerprint density at radius 1 is 1.53 bits per heavy atom. The van der Waals surface area contributed by atoms with Gasteiger partial charge in [-0.15, -0.1) is 0 Å². The highest BCUT2D eigenvalue weighted by atomic mass is 79.9. The SMILES string of the molecule is CC(Br)CNC(=O)c1cc(Cl)cc(Br)c1. The van der Waals surface area contributed by atoms with Crippen molar-refractivity contribution < 1.29 is 4.79 Å². The van der Waals surface area contributed by atoms with Gasteiger partial charge in [0.15, 0.2) is 0 Å². The molecule has 0 aliphatic heterocycles. The van der Waals surface area contributed by atoms with Gasteiger partial charge in [-0.2, -0.15) is 0 Å². The van der Waals surface area contributed by atoms with Gasteiger partial charge in [-0.05, 0) is 18.2 Å². The van der Waals surface area contributed by atoms with Gasteiger partial charge >= 0.3 is 0 Å². The van der Waals surface area contributed by atoms with Crippen LogP contribution < -0.4 is 5.32 Å². The molecule has 1 atom stereocenters. The minimum absolute atomic E-state index is 0.121. The van der Waals surface area contributed by atoms with Gasteiger partial charge in [-0.3, -0.25) is 4.79 Å². The summed E-state index contributed by atoms with van der Waals surface area (Å²) in [5.41, 5.74) is 0.558. The third kappa shape index (κ3) is 4.53. The highest BCUT2D eigenvalue weighted by molar-refractivity contribution is 9.10. The third-order valence-corrected chi connectivity index (χ3v) is 2.67. The van der Waals surface area contributed by atoms with Crippen molar-refractivity contribution in [3.05, 3.63) is 33.3 Å². The smallest absolute Gasteiger partial charge is 0.251 e. The number of hydrogen-bond acceptors (Lipinski definition) is 1. The summed E-state index contributed by atoms with van der Waals surface area (Å²) < 4.78 is 0.798. The number of halogens is 3.